The first-order chi connectivity index (χ1) is 7.26. The van der Waals surface area contributed by atoms with Crippen LogP contribution in [-0.2, 0) is 0 Å². The molecular weight excluding hydrogens is 193 g/mol. The van der Waals surface area contributed by atoms with Crippen molar-refractivity contribution in [2.45, 2.75) is 12.8 Å². The molecule has 0 aliphatic rings. The Morgan fingerprint density at radius 2 is 2.27 bits per heavy atom. The van der Waals surface area contributed by atoms with Crippen molar-refractivity contribution in [1.29, 1.82) is 5.26 Å². The van der Waals surface area contributed by atoms with E-state index < -0.39 is 5.82 Å². The summed E-state index contributed by atoms with van der Waals surface area (Å²) in [5.41, 5.74) is 0.272. The molecule has 0 spiro atoms. The lowest BCUT2D eigenvalue weighted by Gasteiger charge is -2.05. The predicted octanol–water partition coefficient (Wildman–Crippen LogP) is 3.04. The van der Waals surface area contributed by atoms with E-state index in [-0.39, 0.29) is 5.56 Å². The molecule has 0 fully saturated rings. The molecule has 0 aromatic heterocycles. The molecule has 0 aliphatic heterocycles. The van der Waals surface area contributed by atoms with E-state index >= 15 is 0 Å². The molecule has 0 unspecified atom stereocenters. The monoisotopic (exact) mass is 205 g/mol. The van der Waals surface area contributed by atoms with Crippen LogP contribution in [0, 0.1) is 17.1 Å². The third-order valence-electron chi connectivity index (χ3n) is 1.82. The van der Waals surface area contributed by atoms with E-state index in [0.29, 0.717) is 12.4 Å². The topological polar surface area (TPSA) is 33.0 Å². The summed E-state index contributed by atoms with van der Waals surface area (Å²) in [4.78, 5) is 0. The second-order valence-electron chi connectivity index (χ2n) is 3.07. The highest BCUT2D eigenvalue weighted by Crippen LogP contribution is 2.16. The summed E-state index contributed by atoms with van der Waals surface area (Å²) >= 11 is 0. The van der Waals surface area contributed by atoms with Crippen LogP contribution in [0.2, 0.25) is 0 Å². The van der Waals surface area contributed by atoms with Crippen LogP contribution >= 0.6 is 0 Å². The van der Waals surface area contributed by atoms with Crippen LogP contribution in [0.4, 0.5) is 4.39 Å². The van der Waals surface area contributed by atoms with Crippen molar-refractivity contribution >= 4 is 0 Å². The van der Waals surface area contributed by atoms with Crippen LogP contribution in [0.5, 0.6) is 5.75 Å². The third-order valence-corrected chi connectivity index (χ3v) is 1.82. The zero-order chi connectivity index (χ0) is 11.1. The van der Waals surface area contributed by atoms with Gasteiger partial charge in [-0.1, -0.05) is 6.08 Å². The zero-order valence-corrected chi connectivity index (χ0v) is 8.37. The molecule has 0 atom stereocenters. The van der Waals surface area contributed by atoms with Gasteiger partial charge in [0.15, 0.2) is 0 Å². The standard InChI is InChI=1S/C12H12FNO/c1-2-3-4-5-15-12-7-10(9-14)6-11(13)8-12/h2,6-8H,1,3-5H2. The van der Waals surface area contributed by atoms with E-state index in [4.69, 9.17) is 10.00 Å². The lowest BCUT2D eigenvalue weighted by molar-refractivity contribution is 0.310. The highest BCUT2D eigenvalue weighted by molar-refractivity contribution is 5.36. The molecule has 0 aliphatic carbocycles. The van der Waals surface area contributed by atoms with Crippen molar-refractivity contribution in [3.05, 3.63) is 42.2 Å². The molecule has 0 amide bonds. The Morgan fingerprint density at radius 3 is 2.93 bits per heavy atom. The molecule has 1 rings (SSSR count). The molecular formula is C12H12FNO. The molecule has 3 heteroatoms. The fourth-order valence-corrected chi connectivity index (χ4v) is 1.13. The number of unbranched alkanes of at least 4 members (excludes halogenated alkanes) is 1. The molecule has 0 bridgehead atoms. The maximum absolute atomic E-state index is 12.9. The van der Waals surface area contributed by atoms with Crippen LogP contribution in [0.15, 0.2) is 30.9 Å². The summed E-state index contributed by atoms with van der Waals surface area (Å²) in [5.74, 6) is -0.0524. The molecule has 0 heterocycles. The number of rotatable bonds is 5. The molecule has 15 heavy (non-hydrogen) atoms. The van der Waals surface area contributed by atoms with E-state index in [9.17, 15) is 4.39 Å². The van der Waals surface area contributed by atoms with Crippen molar-refractivity contribution < 1.29 is 9.13 Å². The largest absolute Gasteiger partial charge is 0.493 e. The van der Waals surface area contributed by atoms with E-state index in [2.05, 4.69) is 6.58 Å². The van der Waals surface area contributed by atoms with Crippen LogP contribution in [-0.4, -0.2) is 6.61 Å². The van der Waals surface area contributed by atoms with Gasteiger partial charge in [-0.15, -0.1) is 6.58 Å². The Balaban J connectivity index is 2.57. The van der Waals surface area contributed by atoms with Gasteiger partial charge in [0.25, 0.3) is 0 Å². The van der Waals surface area contributed by atoms with Gasteiger partial charge in [-0.2, -0.15) is 5.26 Å². The minimum Gasteiger partial charge on any atom is -0.493 e. The maximum Gasteiger partial charge on any atom is 0.128 e. The number of hydrogen-bond acceptors (Lipinski definition) is 2. The maximum atomic E-state index is 12.9. The summed E-state index contributed by atoms with van der Waals surface area (Å²) in [6.07, 6.45) is 3.50. The van der Waals surface area contributed by atoms with Crippen LogP contribution in [0.25, 0.3) is 0 Å². The first-order valence-electron chi connectivity index (χ1n) is 4.70. The van der Waals surface area contributed by atoms with Crippen LogP contribution in [0.1, 0.15) is 18.4 Å². The Kier molecular flexibility index (Phi) is 4.36. The highest BCUT2D eigenvalue weighted by atomic mass is 19.1. The molecule has 0 saturated carbocycles. The van der Waals surface area contributed by atoms with Crippen LogP contribution < -0.4 is 4.74 Å². The number of ether oxygens (including phenoxy) is 1. The summed E-state index contributed by atoms with van der Waals surface area (Å²) in [6.45, 7) is 4.09. The fourth-order valence-electron chi connectivity index (χ4n) is 1.13. The van der Waals surface area contributed by atoms with Gasteiger partial charge in [-0.05, 0) is 25.0 Å². The Morgan fingerprint density at radius 1 is 1.47 bits per heavy atom. The van der Waals surface area contributed by atoms with Crippen molar-refractivity contribution in [1.82, 2.24) is 0 Å². The number of hydrogen-bond donors (Lipinski definition) is 0. The number of halogens is 1. The van der Waals surface area contributed by atoms with Crippen molar-refractivity contribution in [3.8, 4) is 11.8 Å². The van der Waals surface area contributed by atoms with Gasteiger partial charge in [-0.3, -0.25) is 0 Å². The first kappa shape index (κ1) is 11.3. The summed E-state index contributed by atoms with van der Waals surface area (Å²) < 4.78 is 18.2. The van der Waals surface area contributed by atoms with Crippen molar-refractivity contribution in [3.63, 3.8) is 0 Å². The average molecular weight is 205 g/mol. The molecule has 0 N–H and O–H groups in total. The molecule has 2 nitrogen and oxygen atoms in total. The minimum absolute atomic E-state index is 0.272. The second kappa shape index (κ2) is 5.82. The van der Waals surface area contributed by atoms with Crippen LogP contribution in [0.3, 0.4) is 0 Å². The number of nitriles is 1. The van der Waals surface area contributed by atoms with Gasteiger partial charge in [0.2, 0.25) is 0 Å². The van der Waals surface area contributed by atoms with Gasteiger partial charge in [0.1, 0.15) is 11.6 Å². The third kappa shape index (κ3) is 3.82. The SMILES string of the molecule is C=CCCCOc1cc(F)cc(C#N)c1. The molecule has 1 aromatic carbocycles. The molecule has 1 aromatic rings. The minimum atomic E-state index is -0.451. The summed E-state index contributed by atoms with van der Waals surface area (Å²) in [5, 5.41) is 8.61. The van der Waals surface area contributed by atoms with Gasteiger partial charge in [0, 0.05) is 6.07 Å². The van der Waals surface area contributed by atoms with E-state index in [1.54, 1.807) is 6.08 Å². The number of nitrogens with zero attached hydrogens (tertiary/aromatic N) is 1. The average Bonchev–Trinajstić information content (AvgIpc) is 2.23. The Hall–Kier alpha value is -1.82. The summed E-state index contributed by atoms with van der Waals surface area (Å²) in [7, 11) is 0. The normalized spacial score (nSPS) is 9.33. The van der Waals surface area contributed by atoms with Crippen molar-refractivity contribution in [2.24, 2.45) is 0 Å². The van der Waals surface area contributed by atoms with Crippen molar-refractivity contribution in [2.75, 3.05) is 6.61 Å². The lowest BCUT2D eigenvalue weighted by atomic mass is 10.2. The zero-order valence-electron chi connectivity index (χ0n) is 8.37. The van der Waals surface area contributed by atoms with Gasteiger partial charge >= 0.3 is 0 Å². The van der Waals surface area contributed by atoms with E-state index in [0.717, 1.165) is 12.8 Å². The Bertz CT molecular complexity index is 382. The molecule has 78 valence electrons. The van der Waals surface area contributed by atoms with Gasteiger partial charge in [0.05, 0.1) is 18.2 Å². The van der Waals surface area contributed by atoms with E-state index in [1.165, 1.54) is 18.2 Å². The van der Waals surface area contributed by atoms with E-state index in [1.807, 2.05) is 6.07 Å². The highest BCUT2D eigenvalue weighted by Gasteiger charge is 2.00. The number of benzene rings is 1. The Labute approximate surface area is 88.6 Å². The van der Waals surface area contributed by atoms with Gasteiger partial charge < -0.3 is 4.74 Å². The smallest absolute Gasteiger partial charge is 0.128 e. The summed E-state index contributed by atoms with van der Waals surface area (Å²) in [6, 6.07) is 5.85. The second-order valence-corrected chi connectivity index (χ2v) is 3.07. The number of allylic oxidation sites excluding steroid dienone is 1. The predicted molar refractivity (Wildman–Crippen MR) is 56.0 cm³/mol. The first-order valence-corrected chi connectivity index (χ1v) is 4.70. The fraction of sp³-hybridized carbons (Fsp3) is 0.250. The molecule has 0 saturated heterocycles. The molecule has 0 radical (unpaired) electrons. The van der Waals surface area contributed by atoms with Gasteiger partial charge in [-0.25, -0.2) is 4.39 Å². The quantitative estimate of drug-likeness (QED) is 0.546. The lowest BCUT2D eigenvalue weighted by Crippen LogP contribution is -1.97.